The van der Waals surface area contributed by atoms with Crippen LogP contribution in [0.15, 0.2) is 39.8 Å². The molecule has 0 spiro atoms. The Morgan fingerprint density at radius 1 is 1.35 bits per heavy atom. The molecule has 0 atom stereocenters. The number of amides is 1. The minimum Gasteiger partial charge on any atom is -0.404 e. The van der Waals surface area contributed by atoms with Crippen LogP contribution in [0.4, 0.5) is 5.69 Å². The van der Waals surface area contributed by atoms with E-state index in [0.717, 1.165) is 6.20 Å². The van der Waals surface area contributed by atoms with Crippen LogP contribution in [0.1, 0.15) is 0 Å². The molecule has 0 aliphatic heterocycles. The van der Waals surface area contributed by atoms with E-state index in [0.29, 0.717) is 5.69 Å². The van der Waals surface area contributed by atoms with Gasteiger partial charge in [0.05, 0.1) is 9.38 Å². The molecule has 1 aromatic carbocycles. The van der Waals surface area contributed by atoms with Crippen molar-refractivity contribution in [3.8, 4) is 0 Å². The molecule has 0 bridgehead atoms. The number of rotatable bonds is 3. The number of halogens is 1. The zero-order chi connectivity index (χ0) is 13.1. The van der Waals surface area contributed by atoms with Crippen LogP contribution in [0, 0.1) is 0 Å². The molecule has 0 heterocycles. The lowest BCUT2D eigenvalue weighted by Crippen LogP contribution is -2.12. The molecule has 0 radical (unpaired) electrons. The second-order valence-electron chi connectivity index (χ2n) is 2.97. The Labute approximate surface area is 106 Å². The van der Waals surface area contributed by atoms with Gasteiger partial charge >= 0.3 is 0 Å². The Kier molecular flexibility index (Phi) is 4.27. The quantitative estimate of drug-likeness (QED) is 0.570. The first kappa shape index (κ1) is 13.7. The summed E-state index contributed by atoms with van der Waals surface area (Å²) in [6.07, 6.45) is 1.09. The number of nitrogens with two attached hydrogens (primary N) is 1. The van der Waals surface area contributed by atoms with Crippen molar-refractivity contribution in [3.63, 3.8) is 0 Å². The third-order valence-corrected chi connectivity index (χ3v) is 3.27. The smallest absolute Gasteiger partial charge is 0.294 e. The van der Waals surface area contributed by atoms with Crippen molar-refractivity contribution in [2.24, 2.45) is 5.73 Å². The zero-order valence-electron chi connectivity index (χ0n) is 8.42. The number of carbonyl (C=O) groups is 1. The number of carbonyl (C=O) groups excluding carboxylic acids is 1. The van der Waals surface area contributed by atoms with Gasteiger partial charge in [-0.1, -0.05) is 0 Å². The number of anilines is 1. The Morgan fingerprint density at radius 3 is 2.29 bits per heavy atom. The van der Waals surface area contributed by atoms with E-state index in [2.05, 4.69) is 21.2 Å². The van der Waals surface area contributed by atoms with Crippen LogP contribution in [0.2, 0.25) is 0 Å². The first-order chi connectivity index (χ1) is 7.84. The number of nitrogens with one attached hydrogen (secondary N) is 1. The average molecular weight is 321 g/mol. The molecule has 6 nitrogen and oxygen atoms in total. The summed E-state index contributed by atoms with van der Waals surface area (Å²) < 4.78 is 30.4. The standard InChI is InChI=1S/C9H9BrN2O4S/c10-8(5-11)9(13)12-6-1-3-7(4-2-6)17(14,15)16/h1-5H,11H2,(H,12,13)(H,14,15,16)/b8-5-. The van der Waals surface area contributed by atoms with Crippen molar-refractivity contribution in [2.45, 2.75) is 4.90 Å². The Morgan fingerprint density at radius 2 is 1.88 bits per heavy atom. The maximum atomic E-state index is 11.4. The fourth-order valence-corrected chi connectivity index (χ4v) is 1.56. The Balaban J connectivity index is 2.87. The second-order valence-corrected chi connectivity index (χ2v) is 5.24. The summed E-state index contributed by atoms with van der Waals surface area (Å²) in [6, 6.07) is 5.03. The van der Waals surface area contributed by atoms with E-state index in [1.165, 1.54) is 24.3 Å². The lowest BCUT2D eigenvalue weighted by molar-refractivity contribution is -0.112. The molecule has 8 heteroatoms. The van der Waals surface area contributed by atoms with E-state index in [-0.39, 0.29) is 9.38 Å². The fourth-order valence-electron chi connectivity index (χ4n) is 0.977. The van der Waals surface area contributed by atoms with Crippen molar-refractivity contribution in [1.29, 1.82) is 0 Å². The Hall–Kier alpha value is -1.38. The normalized spacial score (nSPS) is 12.2. The van der Waals surface area contributed by atoms with Crippen LogP contribution >= 0.6 is 15.9 Å². The molecule has 1 amide bonds. The van der Waals surface area contributed by atoms with E-state index in [1.807, 2.05) is 0 Å². The largest absolute Gasteiger partial charge is 0.404 e. The van der Waals surface area contributed by atoms with Gasteiger partial charge in [0.25, 0.3) is 16.0 Å². The lowest BCUT2D eigenvalue weighted by atomic mass is 10.3. The molecular weight excluding hydrogens is 312 g/mol. The van der Waals surface area contributed by atoms with E-state index < -0.39 is 16.0 Å². The minimum atomic E-state index is -4.22. The fraction of sp³-hybridized carbons (Fsp3) is 0. The van der Waals surface area contributed by atoms with Crippen LogP contribution in [-0.2, 0) is 14.9 Å². The highest BCUT2D eigenvalue weighted by Gasteiger charge is 2.10. The van der Waals surface area contributed by atoms with Crippen LogP contribution in [0.5, 0.6) is 0 Å². The topological polar surface area (TPSA) is 109 Å². The van der Waals surface area contributed by atoms with Gasteiger partial charge in [-0.05, 0) is 40.2 Å². The van der Waals surface area contributed by atoms with Crippen molar-refractivity contribution in [1.82, 2.24) is 0 Å². The second kappa shape index (κ2) is 5.30. The maximum absolute atomic E-state index is 11.4. The molecule has 0 saturated carbocycles. The van der Waals surface area contributed by atoms with Gasteiger partial charge in [-0.2, -0.15) is 8.42 Å². The van der Waals surface area contributed by atoms with Gasteiger partial charge in [-0.25, -0.2) is 0 Å². The maximum Gasteiger partial charge on any atom is 0.294 e. The molecule has 0 aliphatic carbocycles. The number of hydrogen-bond donors (Lipinski definition) is 3. The molecule has 0 unspecified atom stereocenters. The van der Waals surface area contributed by atoms with Gasteiger partial charge in [-0.3, -0.25) is 9.35 Å². The van der Waals surface area contributed by atoms with Gasteiger partial charge in [0, 0.05) is 11.9 Å². The summed E-state index contributed by atoms with van der Waals surface area (Å²) in [5.41, 5.74) is 5.50. The van der Waals surface area contributed by atoms with E-state index >= 15 is 0 Å². The predicted molar refractivity (Wildman–Crippen MR) is 66.1 cm³/mol. The molecule has 0 aliphatic rings. The molecule has 0 saturated heterocycles. The van der Waals surface area contributed by atoms with Gasteiger partial charge in [0.1, 0.15) is 0 Å². The van der Waals surface area contributed by atoms with Crippen molar-refractivity contribution in [2.75, 3.05) is 5.32 Å². The van der Waals surface area contributed by atoms with Crippen LogP contribution in [0.25, 0.3) is 0 Å². The molecule has 0 aromatic heterocycles. The van der Waals surface area contributed by atoms with Gasteiger partial charge in [-0.15, -0.1) is 0 Å². The molecule has 1 rings (SSSR count). The molecule has 4 N–H and O–H groups in total. The number of benzene rings is 1. The number of hydrogen-bond acceptors (Lipinski definition) is 4. The van der Waals surface area contributed by atoms with Crippen molar-refractivity contribution < 1.29 is 17.8 Å². The van der Waals surface area contributed by atoms with E-state index in [4.69, 9.17) is 10.3 Å². The summed E-state index contributed by atoms with van der Waals surface area (Å²) in [6.45, 7) is 0. The molecule has 92 valence electrons. The van der Waals surface area contributed by atoms with Crippen molar-refractivity contribution >= 4 is 37.6 Å². The van der Waals surface area contributed by atoms with Crippen LogP contribution in [0.3, 0.4) is 0 Å². The van der Waals surface area contributed by atoms with E-state index in [9.17, 15) is 13.2 Å². The first-order valence-corrected chi connectivity index (χ1v) is 6.54. The van der Waals surface area contributed by atoms with Gasteiger partial charge in [0.15, 0.2) is 0 Å². The first-order valence-electron chi connectivity index (χ1n) is 4.31. The average Bonchev–Trinajstić information content (AvgIpc) is 2.27. The molecular formula is C9H9BrN2O4S. The predicted octanol–water partition coefficient (Wildman–Crippen LogP) is 1.07. The van der Waals surface area contributed by atoms with Crippen LogP contribution in [-0.4, -0.2) is 18.9 Å². The van der Waals surface area contributed by atoms with Crippen molar-refractivity contribution in [3.05, 3.63) is 34.9 Å². The van der Waals surface area contributed by atoms with E-state index in [1.54, 1.807) is 0 Å². The highest BCUT2D eigenvalue weighted by Crippen LogP contribution is 2.15. The lowest BCUT2D eigenvalue weighted by Gasteiger charge is -2.04. The molecule has 0 fully saturated rings. The highest BCUT2D eigenvalue weighted by molar-refractivity contribution is 9.12. The molecule has 1 aromatic rings. The summed E-state index contributed by atoms with van der Waals surface area (Å²) in [7, 11) is -4.22. The SMILES string of the molecule is N/C=C(\Br)C(=O)Nc1ccc(S(=O)(=O)O)cc1. The summed E-state index contributed by atoms with van der Waals surface area (Å²) in [4.78, 5) is 11.1. The zero-order valence-corrected chi connectivity index (χ0v) is 10.8. The van der Waals surface area contributed by atoms with Gasteiger partial charge < -0.3 is 11.1 Å². The summed E-state index contributed by atoms with van der Waals surface area (Å²) in [5, 5.41) is 2.46. The third-order valence-electron chi connectivity index (χ3n) is 1.77. The Bertz CT molecular complexity index is 551. The van der Waals surface area contributed by atoms with Crippen LogP contribution < -0.4 is 11.1 Å². The monoisotopic (exact) mass is 320 g/mol. The minimum absolute atomic E-state index is 0.149. The van der Waals surface area contributed by atoms with Gasteiger partial charge in [0.2, 0.25) is 0 Å². The summed E-state index contributed by atoms with van der Waals surface area (Å²) >= 11 is 2.93. The third kappa shape index (κ3) is 3.84. The molecule has 17 heavy (non-hydrogen) atoms. The summed E-state index contributed by atoms with van der Waals surface area (Å²) in [5.74, 6) is -0.466. The highest BCUT2D eigenvalue weighted by atomic mass is 79.9.